The van der Waals surface area contributed by atoms with Crippen molar-refractivity contribution < 1.29 is 0 Å². The summed E-state index contributed by atoms with van der Waals surface area (Å²) in [7, 11) is 0. The topological polar surface area (TPSA) is 15.3 Å². The van der Waals surface area contributed by atoms with Gasteiger partial charge in [0.05, 0.1) is 6.54 Å². The third-order valence-corrected chi connectivity index (χ3v) is 4.07. The molecular weight excluding hydrogens is 208 g/mol. The van der Waals surface area contributed by atoms with E-state index in [1.165, 1.54) is 64.7 Å². The number of piperidine rings is 1. The first-order valence-corrected chi connectivity index (χ1v) is 7.25. The standard InChI is InChI=1S/C15H26N2/c1-2-11-17(13-15-5-6-15)12-3-4-14-7-9-16-10-8-14/h1,14-16H,3-13H2. The van der Waals surface area contributed by atoms with Crippen molar-refractivity contribution in [3.05, 3.63) is 0 Å². The summed E-state index contributed by atoms with van der Waals surface area (Å²) in [5, 5.41) is 3.43. The SMILES string of the molecule is C#CCN(CCCC1CCNCC1)CC1CC1. The Morgan fingerprint density at radius 3 is 2.53 bits per heavy atom. The minimum Gasteiger partial charge on any atom is -0.317 e. The average Bonchev–Trinajstić information content (AvgIpc) is 3.15. The molecule has 1 saturated heterocycles. The summed E-state index contributed by atoms with van der Waals surface area (Å²) in [5.41, 5.74) is 0. The van der Waals surface area contributed by atoms with Crippen LogP contribution in [-0.2, 0) is 0 Å². The number of rotatable bonds is 7. The third-order valence-electron chi connectivity index (χ3n) is 4.07. The fourth-order valence-corrected chi connectivity index (χ4v) is 2.80. The molecule has 1 aliphatic carbocycles. The Kier molecular flexibility index (Phi) is 5.35. The highest BCUT2D eigenvalue weighted by atomic mass is 15.1. The highest BCUT2D eigenvalue weighted by Gasteiger charge is 2.23. The first-order chi connectivity index (χ1) is 8.38. The van der Waals surface area contributed by atoms with Crippen LogP contribution in [0, 0.1) is 24.2 Å². The van der Waals surface area contributed by atoms with Gasteiger partial charge in [0.15, 0.2) is 0 Å². The molecule has 17 heavy (non-hydrogen) atoms. The van der Waals surface area contributed by atoms with Crippen LogP contribution in [0.1, 0.15) is 38.5 Å². The van der Waals surface area contributed by atoms with E-state index >= 15 is 0 Å². The molecule has 0 amide bonds. The molecule has 1 saturated carbocycles. The van der Waals surface area contributed by atoms with Crippen molar-refractivity contribution in [3.8, 4) is 12.3 Å². The highest BCUT2D eigenvalue weighted by Crippen LogP contribution is 2.29. The van der Waals surface area contributed by atoms with E-state index < -0.39 is 0 Å². The predicted octanol–water partition coefficient (Wildman–Crippen LogP) is 2.11. The van der Waals surface area contributed by atoms with Crippen LogP contribution >= 0.6 is 0 Å². The minimum atomic E-state index is 0.850. The van der Waals surface area contributed by atoms with Gasteiger partial charge in [0, 0.05) is 6.54 Å². The molecule has 0 aromatic rings. The van der Waals surface area contributed by atoms with E-state index in [4.69, 9.17) is 6.42 Å². The van der Waals surface area contributed by atoms with Crippen LogP contribution in [0.5, 0.6) is 0 Å². The molecule has 2 fully saturated rings. The summed E-state index contributed by atoms with van der Waals surface area (Å²) in [4.78, 5) is 2.48. The van der Waals surface area contributed by atoms with Crippen LogP contribution in [0.3, 0.4) is 0 Å². The van der Waals surface area contributed by atoms with Crippen molar-refractivity contribution in [2.75, 3.05) is 32.7 Å². The predicted molar refractivity (Wildman–Crippen MR) is 72.8 cm³/mol. The summed E-state index contributed by atoms with van der Waals surface area (Å²) in [6.45, 7) is 5.76. The van der Waals surface area contributed by atoms with Crippen molar-refractivity contribution in [2.24, 2.45) is 11.8 Å². The highest BCUT2D eigenvalue weighted by molar-refractivity contribution is 4.90. The number of nitrogens with one attached hydrogen (secondary N) is 1. The fourth-order valence-electron chi connectivity index (χ4n) is 2.80. The normalized spacial score (nSPS) is 21.6. The van der Waals surface area contributed by atoms with Gasteiger partial charge in [-0.2, -0.15) is 0 Å². The van der Waals surface area contributed by atoms with Gasteiger partial charge in [-0.05, 0) is 70.0 Å². The lowest BCUT2D eigenvalue weighted by Gasteiger charge is -2.24. The summed E-state index contributed by atoms with van der Waals surface area (Å²) in [6.07, 6.45) is 13.8. The van der Waals surface area contributed by atoms with Crippen LogP contribution in [0.2, 0.25) is 0 Å². The molecule has 96 valence electrons. The quantitative estimate of drug-likeness (QED) is 0.679. The molecule has 0 spiro atoms. The number of terminal acetylenes is 1. The second kappa shape index (κ2) is 7.03. The summed E-state index contributed by atoms with van der Waals surface area (Å²) < 4.78 is 0. The van der Waals surface area contributed by atoms with Crippen molar-refractivity contribution in [1.82, 2.24) is 10.2 Å². The number of hydrogen-bond acceptors (Lipinski definition) is 2. The Bertz CT molecular complexity index is 246. The van der Waals surface area contributed by atoms with Crippen molar-refractivity contribution in [1.29, 1.82) is 0 Å². The van der Waals surface area contributed by atoms with E-state index in [0.29, 0.717) is 0 Å². The van der Waals surface area contributed by atoms with Gasteiger partial charge in [0.25, 0.3) is 0 Å². The van der Waals surface area contributed by atoms with Crippen LogP contribution in [-0.4, -0.2) is 37.6 Å². The van der Waals surface area contributed by atoms with Crippen molar-refractivity contribution in [3.63, 3.8) is 0 Å². The number of hydrogen-bond donors (Lipinski definition) is 1. The molecule has 2 nitrogen and oxygen atoms in total. The fraction of sp³-hybridized carbons (Fsp3) is 0.867. The maximum Gasteiger partial charge on any atom is 0.0599 e. The molecule has 1 aliphatic heterocycles. The zero-order valence-corrected chi connectivity index (χ0v) is 11.0. The lowest BCUT2D eigenvalue weighted by atomic mass is 9.93. The van der Waals surface area contributed by atoms with Gasteiger partial charge in [-0.15, -0.1) is 6.42 Å². The first kappa shape index (κ1) is 12.9. The molecular formula is C15H26N2. The Hall–Kier alpha value is -0.520. The Morgan fingerprint density at radius 2 is 1.88 bits per heavy atom. The van der Waals surface area contributed by atoms with E-state index in [-0.39, 0.29) is 0 Å². The first-order valence-electron chi connectivity index (χ1n) is 7.25. The van der Waals surface area contributed by atoms with Crippen LogP contribution in [0.15, 0.2) is 0 Å². The molecule has 2 heteroatoms. The molecule has 2 rings (SSSR count). The van der Waals surface area contributed by atoms with Gasteiger partial charge in [-0.1, -0.05) is 5.92 Å². The monoisotopic (exact) mass is 234 g/mol. The maximum atomic E-state index is 5.44. The second-order valence-electron chi connectivity index (χ2n) is 5.72. The molecule has 0 unspecified atom stereocenters. The minimum absolute atomic E-state index is 0.850. The molecule has 1 N–H and O–H groups in total. The second-order valence-corrected chi connectivity index (χ2v) is 5.72. The zero-order valence-electron chi connectivity index (χ0n) is 11.0. The van der Waals surface area contributed by atoms with Gasteiger partial charge in [0.1, 0.15) is 0 Å². The molecule has 2 aliphatic rings. The van der Waals surface area contributed by atoms with Crippen LogP contribution in [0.4, 0.5) is 0 Å². The number of nitrogens with zero attached hydrogens (tertiary/aromatic N) is 1. The molecule has 0 radical (unpaired) electrons. The molecule has 0 aromatic carbocycles. The lowest BCUT2D eigenvalue weighted by molar-refractivity contribution is 0.266. The van der Waals surface area contributed by atoms with Crippen molar-refractivity contribution in [2.45, 2.75) is 38.5 Å². The van der Waals surface area contributed by atoms with E-state index in [1.54, 1.807) is 0 Å². The summed E-state index contributed by atoms with van der Waals surface area (Å²) in [5.74, 6) is 4.73. The van der Waals surface area contributed by atoms with Gasteiger partial charge in [0.2, 0.25) is 0 Å². The van der Waals surface area contributed by atoms with Gasteiger partial charge in [-0.3, -0.25) is 4.90 Å². The third kappa shape index (κ3) is 5.10. The van der Waals surface area contributed by atoms with Crippen molar-refractivity contribution >= 4 is 0 Å². The average molecular weight is 234 g/mol. The molecule has 0 atom stereocenters. The summed E-state index contributed by atoms with van der Waals surface area (Å²) >= 11 is 0. The molecule has 0 bridgehead atoms. The summed E-state index contributed by atoms with van der Waals surface area (Å²) in [6, 6.07) is 0. The van der Waals surface area contributed by atoms with Crippen LogP contribution < -0.4 is 5.32 Å². The Labute approximate surface area is 106 Å². The molecule has 1 heterocycles. The van der Waals surface area contributed by atoms with E-state index in [1.807, 2.05) is 0 Å². The van der Waals surface area contributed by atoms with E-state index in [9.17, 15) is 0 Å². The maximum absolute atomic E-state index is 5.44. The Morgan fingerprint density at radius 1 is 1.12 bits per heavy atom. The van der Waals surface area contributed by atoms with E-state index in [2.05, 4.69) is 16.1 Å². The largest absolute Gasteiger partial charge is 0.317 e. The van der Waals surface area contributed by atoms with Gasteiger partial charge in [-0.25, -0.2) is 0 Å². The zero-order chi connectivity index (χ0) is 11.9. The smallest absolute Gasteiger partial charge is 0.0599 e. The van der Waals surface area contributed by atoms with E-state index in [0.717, 1.165) is 18.4 Å². The molecule has 0 aromatic heterocycles. The lowest BCUT2D eigenvalue weighted by Crippen LogP contribution is -2.30. The Balaban J connectivity index is 1.58. The van der Waals surface area contributed by atoms with Crippen LogP contribution in [0.25, 0.3) is 0 Å². The van der Waals surface area contributed by atoms with Gasteiger partial charge >= 0.3 is 0 Å². The van der Waals surface area contributed by atoms with Gasteiger partial charge < -0.3 is 5.32 Å².